The molecule has 0 fully saturated rings. The maximum absolute atomic E-state index is 6.08. The Kier molecular flexibility index (Phi) is 4.67. The Bertz CT molecular complexity index is 1270. The summed E-state index contributed by atoms with van der Waals surface area (Å²) in [5, 5.41) is 12.7. The molecule has 7 nitrogen and oxygen atoms in total. The Morgan fingerprint density at radius 2 is 1.63 bits per heavy atom. The first-order valence-corrected chi connectivity index (χ1v) is 9.36. The molecule has 0 radical (unpaired) electrons. The van der Waals surface area contributed by atoms with E-state index in [1.807, 2.05) is 78.9 Å². The van der Waals surface area contributed by atoms with Crippen LogP contribution in [0.2, 0.25) is 0 Å². The van der Waals surface area contributed by atoms with Gasteiger partial charge in [0, 0.05) is 23.5 Å². The molecule has 5 aromatic rings. The number of benzene rings is 2. The van der Waals surface area contributed by atoms with E-state index >= 15 is 0 Å². The predicted molar refractivity (Wildman–Crippen MR) is 112 cm³/mol. The van der Waals surface area contributed by atoms with Gasteiger partial charge in [-0.05, 0) is 41.6 Å². The minimum Gasteiger partial charge on any atom is -0.457 e. The first kappa shape index (κ1) is 17.7. The highest BCUT2D eigenvalue weighted by atomic mass is 16.5. The van der Waals surface area contributed by atoms with Crippen molar-refractivity contribution in [2.75, 3.05) is 0 Å². The van der Waals surface area contributed by atoms with Gasteiger partial charge in [0.15, 0.2) is 0 Å². The zero-order valence-corrected chi connectivity index (χ0v) is 15.8. The summed E-state index contributed by atoms with van der Waals surface area (Å²) in [6.45, 7) is 0. The van der Waals surface area contributed by atoms with Gasteiger partial charge in [-0.15, -0.1) is 15.0 Å². The molecule has 3 aromatic heterocycles. The van der Waals surface area contributed by atoms with E-state index in [1.54, 1.807) is 18.6 Å². The van der Waals surface area contributed by atoms with Crippen molar-refractivity contribution in [2.24, 2.45) is 0 Å². The van der Waals surface area contributed by atoms with Crippen molar-refractivity contribution in [3.05, 3.63) is 97.5 Å². The fourth-order valence-corrected chi connectivity index (χ4v) is 3.02. The minimum absolute atomic E-state index is 0.453. The highest BCUT2D eigenvalue weighted by molar-refractivity contribution is 5.71. The Morgan fingerprint density at radius 3 is 2.50 bits per heavy atom. The van der Waals surface area contributed by atoms with E-state index in [1.165, 1.54) is 4.80 Å². The fourth-order valence-electron chi connectivity index (χ4n) is 3.02. The molecule has 0 atom stereocenters. The summed E-state index contributed by atoms with van der Waals surface area (Å²) in [7, 11) is 0. The molecule has 0 aliphatic carbocycles. The van der Waals surface area contributed by atoms with Gasteiger partial charge in [0.25, 0.3) is 0 Å². The topological polar surface area (TPSA) is 78.6 Å². The first-order chi connectivity index (χ1) is 14.9. The smallest absolute Gasteiger partial charge is 0.223 e. The Morgan fingerprint density at radius 1 is 0.800 bits per heavy atom. The second kappa shape index (κ2) is 7.92. The summed E-state index contributed by atoms with van der Waals surface area (Å²) in [5.74, 6) is 1.96. The van der Waals surface area contributed by atoms with Crippen LogP contribution < -0.4 is 4.74 Å². The van der Waals surface area contributed by atoms with Crippen molar-refractivity contribution in [1.82, 2.24) is 30.2 Å². The van der Waals surface area contributed by atoms with Crippen molar-refractivity contribution < 1.29 is 4.74 Å². The van der Waals surface area contributed by atoms with Crippen LogP contribution in [0.25, 0.3) is 28.3 Å². The van der Waals surface area contributed by atoms with Gasteiger partial charge in [-0.3, -0.25) is 9.97 Å². The number of hydrogen-bond acceptors (Lipinski definition) is 6. The summed E-state index contributed by atoms with van der Waals surface area (Å²) in [5.41, 5.74) is 3.16. The molecule has 0 aliphatic heterocycles. The van der Waals surface area contributed by atoms with E-state index in [2.05, 4.69) is 25.4 Å². The Balaban J connectivity index is 1.49. The minimum atomic E-state index is 0.453. The molecule has 5 rings (SSSR count). The number of hydrogen-bond donors (Lipinski definition) is 0. The third kappa shape index (κ3) is 3.64. The summed E-state index contributed by atoms with van der Waals surface area (Å²) < 4.78 is 6.08. The van der Waals surface area contributed by atoms with Gasteiger partial charge >= 0.3 is 0 Å². The van der Waals surface area contributed by atoms with Gasteiger partial charge in [0.05, 0.1) is 6.20 Å². The zero-order valence-electron chi connectivity index (χ0n) is 15.8. The fraction of sp³-hybridized carbons (Fsp3) is 0. The first-order valence-electron chi connectivity index (χ1n) is 9.36. The maximum Gasteiger partial charge on any atom is 0.223 e. The second-order valence-corrected chi connectivity index (χ2v) is 6.46. The SMILES string of the molecule is c1ccc(Oc2ccccc2-c2cncc(-n3nnc(-c4ccccn4)n3)c2)cc1. The third-order valence-electron chi connectivity index (χ3n) is 4.43. The van der Waals surface area contributed by atoms with Crippen LogP contribution in [0.5, 0.6) is 11.5 Å². The summed E-state index contributed by atoms with van der Waals surface area (Å²) in [4.78, 5) is 10.1. The number of pyridine rings is 2. The molecule has 0 unspecified atom stereocenters. The van der Waals surface area contributed by atoms with Crippen molar-refractivity contribution in [2.45, 2.75) is 0 Å². The van der Waals surface area contributed by atoms with E-state index in [0.29, 0.717) is 17.2 Å². The molecule has 0 N–H and O–H groups in total. The average Bonchev–Trinajstić information content (AvgIpc) is 3.31. The van der Waals surface area contributed by atoms with Crippen molar-refractivity contribution >= 4 is 0 Å². The molecular formula is C23H16N6O. The molecule has 0 amide bonds. The monoisotopic (exact) mass is 392 g/mol. The molecule has 0 spiro atoms. The Hall–Kier alpha value is -4.39. The van der Waals surface area contributed by atoms with Gasteiger partial charge < -0.3 is 4.74 Å². The van der Waals surface area contributed by atoms with Crippen molar-refractivity contribution in [3.63, 3.8) is 0 Å². The van der Waals surface area contributed by atoms with E-state index in [9.17, 15) is 0 Å². The van der Waals surface area contributed by atoms with Gasteiger partial charge in [-0.25, -0.2) is 0 Å². The number of aromatic nitrogens is 6. The highest BCUT2D eigenvalue weighted by Gasteiger charge is 2.12. The van der Waals surface area contributed by atoms with Crippen LogP contribution in [-0.4, -0.2) is 30.2 Å². The van der Waals surface area contributed by atoms with E-state index in [4.69, 9.17) is 4.74 Å². The zero-order chi connectivity index (χ0) is 20.2. The van der Waals surface area contributed by atoms with E-state index < -0.39 is 0 Å². The standard InChI is InChI=1S/C23H16N6O/c1-2-8-19(9-3-1)30-22-12-5-4-10-20(22)17-14-18(16-24-15-17)29-27-23(26-28-29)21-11-6-7-13-25-21/h1-16H. The van der Waals surface area contributed by atoms with Crippen LogP contribution in [0.1, 0.15) is 0 Å². The largest absolute Gasteiger partial charge is 0.457 e. The van der Waals surface area contributed by atoms with E-state index in [0.717, 1.165) is 22.6 Å². The molecule has 0 bridgehead atoms. The van der Waals surface area contributed by atoms with Crippen LogP contribution in [0.15, 0.2) is 97.5 Å². The van der Waals surface area contributed by atoms with Gasteiger partial charge in [-0.1, -0.05) is 42.5 Å². The quantitative estimate of drug-likeness (QED) is 0.436. The van der Waals surface area contributed by atoms with Crippen LogP contribution >= 0.6 is 0 Å². The lowest BCUT2D eigenvalue weighted by atomic mass is 10.1. The number of ether oxygens (including phenoxy) is 1. The molecule has 144 valence electrons. The highest BCUT2D eigenvalue weighted by Crippen LogP contribution is 2.33. The van der Waals surface area contributed by atoms with Crippen LogP contribution in [0.4, 0.5) is 0 Å². The number of para-hydroxylation sites is 2. The molecule has 0 saturated heterocycles. The lowest BCUT2D eigenvalue weighted by Gasteiger charge is -2.11. The number of nitrogens with zero attached hydrogens (tertiary/aromatic N) is 6. The maximum atomic E-state index is 6.08. The van der Waals surface area contributed by atoms with Crippen LogP contribution in [-0.2, 0) is 0 Å². The predicted octanol–water partition coefficient (Wildman–Crippen LogP) is 4.58. The van der Waals surface area contributed by atoms with Crippen molar-refractivity contribution in [3.8, 4) is 39.8 Å². The van der Waals surface area contributed by atoms with Gasteiger partial charge in [-0.2, -0.15) is 0 Å². The van der Waals surface area contributed by atoms with Crippen LogP contribution in [0, 0.1) is 0 Å². The third-order valence-corrected chi connectivity index (χ3v) is 4.43. The van der Waals surface area contributed by atoms with Gasteiger partial charge in [0.2, 0.25) is 5.82 Å². The molecule has 3 heterocycles. The number of rotatable bonds is 5. The molecule has 0 aliphatic rings. The lowest BCUT2D eigenvalue weighted by Crippen LogP contribution is -2.00. The summed E-state index contributed by atoms with van der Waals surface area (Å²) in [6, 6.07) is 25.0. The Labute approximate surface area is 172 Å². The van der Waals surface area contributed by atoms with E-state index in [-0.39, 0.29) is 0 Å². The summed E-state index contributed by atoms with van der Waals surface area (Å²) in [6.07, 6.45) is 5.17. The second-order valence-electron chi connectivity index (χ2n) is 6.46. The van der Waals surface area contributed by atoms with Gasteiger partial charge in [0.1, 0.15) is 22.9 Å². The lowest BCUT2D eigenvalue weighted by molar-refractivity contribution is 0.484. The molecule has 7 heteroatoms. The number of tetrazole rings is 1. The molecule has 0 saturated carbocycles. The molecule has 30 heavy (non-hydrogen) atoms. The molecular weight excluding hydrogens is 376 g/mol. The average molecular weight is 392 g/mol. The van der Waals surface area contributed by atoms with Crippen LogP contribution in [0.3, 0.4) is 0 Å². The summed E-state index contributed by atoms with van der Waals surface area (Å²) >= 11 is 0. The molecule has 2 aromatic carbocycles. The normalized spacial score (nSPS) is 10.7. The van der Waals surface area contributed by atoms with Crippen molar-refractivity contribution in [1.29, 1.82) is 0 Å².